The van der Waals surface area contributed by atoms with Crippen LogP contribution in [0.25, 0.3) is 0 Å². The molecule has 5 nitrogen and oxygen atoms in total. The van der Waals surface area contributed by atoms with Crippen molar-refractivity contribution in [2.24, 2.45) is 5.92 Å². The van der Waals surface area contributed by atoms with E-state index in [0.29, 0.717) is 6.54 Å². The molecule has 0 radical (unpaired) electrons. The predicted molar refractivity (Wildman–Crippen MR) is 84.9 cm³/mol. The summed E-state index contributed by atoms with van der Waals surface area (Å²) < 4.78 is 0. The second-order valence-corrected chi connectivity index (χ2v) is 5.73. The maximum absolute atomic E-state index is 11.7. The van der Waals surface area contributed by atoms with E-state index in [0.717, 1.165) is 11.3 Å². The highest BCUT2D eigenvalue weighted by atomic mass is 32.2. The van der Waals surface area contributed by atoms with E-state index in [4.69, 9.17) is 5.26 Å². The molecular formula is C15H19N3O2S. The van der Waals surface area contributed by atoms with E-state index in [1.165, 1.54) is 11.8 Å². The molecule has 2 N–H and O–H groups in total. The largest absolute Gasteiger partial charge is 0.354 e. The molecule has 0 saturated carbocycles. The summed E-state index contributed by atoms with van der Waals surface area (Å²) in [5.74, 6) is -0.0785. The van der Waals surface area contributed by atoms with E-state index in [9.17, 15) is 9.59 Å². The molecule has 0 aliphatic carbocycles. The van der Waals surface area contributed by atoms with Gasteiger partial charge in [-0.15, -0.1) is 11.8 Å². The van der Waals surface area contributed by atoms with Gasteiger partial charge in [0.05, 0.1) is 23.5 Å². The molecule has 1 unspecified atom stereocenters. The third kappa shape index (κ3) is 7.37. The number of aryl methyl sites for hydroxylation is 1. The standard InChI is InChI=1S/C15H19N3O2S/c1-11-3-5-13(6-4-11)18-15(20)10-21-9-14(19)17-8-12(2)7-16/h3-6,12H,8-10H2,1-2H3,(H,17,19)(H,18,20). The van der Waals surface area contributed by atoms with Crippen LogP contribution >= 0.6 is 11.8 Å². The summed E-state index contributed by atoms with van der Waals surface area (Å²) in [6.45, 7) is 4.06. The Labute approximate surface area is 129 Å². The Bertz CT molecular complexity index is 523. The van der Waals surface area contributed by atoms with Gasteiger partial charge in [-0.3, -0.25) is 9.59 Å². The van der Waals surface area contributed by atoms with Gasteiger partial charge < -0.3 is 10.6 Å². The van der Waals surface area contributed by atoms with Crippen LogP contribution in [0, 0.1) is 24.2 Å². The fourth-order valence-corrected chi connectivity index (χ4v) is 2.08. The minimum absolute atomic E-state index is 0.137. The minimum atomic E-state index is -0.205. The highest BCUT2D eigenvalue weighted by Gasteiger charge is 2.07. The zero-order valence-corrected chi connectivity index (χ0v) is 13.0. The van der Waals surface area contributed by atoms with E-state index in [1.807, 2.05) is 37.3 Å². The number of nitrogens with one attached hydrogen (secondary N) is 2. The highest BCUT2D eigenvalue weighted by molar-refractivity contribution is 8.00. The number of nitrogens with zero attached hydrogens (tertiary/aromatic N) is 1. The number of hydrogen-bond donors (Lipinski definition) is 2. The van der Waals surface area contributed by atoms with Crippen molar-refractivity contribution in [3.63, 3.8) is 0 Å². The lowest BCUT2D eigenvalue weighted by Crippen LogP contribution is -2.29. The molecule has 1 atom stereocenters. The van der Waals surface area contributed by atoms with Gasteiger partial charge in [0, 0.05) is 12.2 Å². The molecule has 0 saturated heterocycles. The topological polar surface area (TPSA) is 82.0 Å². The number of anilines is 1. The molecule has 21 heavy (non-hydrogen) atoms. The number of thioether (sulfide) groups is 1. The van der Waals surface area contributed by atoms with Gasteiger partial charge in [-0.1, -0.05) is 17.7 Å². The Balaban J connectivity index is 2.20. The zero-order valence-electron chi connectivity index (χ0n) is 12.2. The van der Waals surface area contributed by atoms with Crippen molar-refractivity contribution in [2.45, 2.75) is 13.8 Å². The van der Waals surface area contributed by atoms with Crippen molar-refractivity contribution < 1.29 is 9.59 Å². The fourth-order valence-electron chi connectivity index (χ4n) is 1.43. The Hall–Kier alpha value is -2.00. The number of benzene rings is 1. The van der Waals surface area contributed by atoms with E-state index in [1.54, 1.807) is 6.92 Å². The Morgan fingerprint density at radius 2 is 1.86 bits per heavy atom. The fraction of sp³-hybridized carbons (Fsp3) is 0.400. The highest BCUT2D eigenvalue weighted by Crippen LogP contribution is 2.09. The molecular weight excluding hydrogens is 286 g/mol. The van der Waals surface area contributed by atoms with Crippen molar-refractivity contribution in [1.29, 1.82) is 5.26 Å². The minimum Gasteiger partial charge on any atom is -0.354 e. The molecule has 6 heteroatoms. The van der Waals surface area contributed by atoms with Crippen molar-refractivity contribution in [3.8, 4) is 6.07 Å². The van der Waals surface area contributed by atoms with Crippen LogP contribution in [0.3, 0.4) is 0 Å². The molecule has 0 aliphatic heterocycles. The lowest BCUT2D eigenvalue weighted by Gasteiger charge is -2.07. The molecule has 1 rings (SSSR count). The first-order valence-electron chi connectivity index (χ1n) is 6.62. The average molecular weight is 305 g/mol. The van der Waals surface area contributed by atoms with Gasteiger partial charge in [0.2, 0.25) is 11.8 Å². The van der Waals surface area contributed by atoms with E-state index in [-0.39, 0.29) is 29.2 Å². The van der Waals surface area contributed by atoms with Gasteiger partial charge >= 0.3 is 0 Å². The molecule has 0 fully saturated rings. The average Bonchev–Trinajstić information content (AvgIpc) is 2.47. The first-order valence-corrected chi connectivity index (χ1v) is 7.77. The van der Waals surface area contributed by atoms with E-state index >= 15 is 0 Å². The van der Waals surface area contributed by atoms with Crippen LogP contribution < -0.4 is 10.6 Å². The van der Waals surface area contributed by atoms with Crippen LogP contribution in [-0.4, -0.2) is 29.9 Å². The van der Waals surface area contributed by atoms with E-state index in [2.05, 4.69) is 10.6 Å². The number of carbonyl (C=O) groups is 2. The molecule has 0 bridgehead atoms. The molecule has 0 aliphatic rings. The summed E-state index contributed by atoms with van der Waals surface area (Å²) in [5.41, 5.74) is 1.88. The maximum atomic E-state index is 11.7. The zero-order chi connectivity index (χ0) is 15.7. The monoisotopic (exact) mass is 305 g/mol. The van der Waals surface area contributed by atoms with Crippen molar-refractivity contribution >= 4 is 29.3 Å². The van der Waals surface area contributed by atoms with Crippen LogP contribution in [0.15, 0.2) is 24.3 Å². The molecule has 0 heterocycles. The van der Waals surface area contributed by atoms with Crippen molar-refractivity contribution in [1.82, 2.24) is 5.32 Å². The normalized spacial score (nSPS) is 11.3. The summed E-state index contributed by atoms with van der Waals surface area (Å²) in [6, 6.07) is 9.57. The van der Waals surface area contributed by atoms with Crippen molar-refractivity contribution in [3.05, 3.63) is 29.8 Å². The third-order valence-electron chi connectivity index (χ3n) is 2.63. The summed E-state index contributed by atoms with van der Waals surface area (Å²) in [5, 5.41) is 14.0. The third-order valence-corrected chi connectivity index (χ3v) is 3.56. The van der Waals surface area contributed by atoms with Crippen LogP contribution in [0.2, 0.25) is 0 Å². The van der Waals surface area contributed by atoms with Gasteiger partial charge in [-0.05, 0) is 26.0 Å². The molecule has 0 aromatic heterocycles. The molecule has 2 amide bonds. The molecule has 1 aromatic rings. The van der Waals surface area contributed by atoms with Gasteiger partial charge in [0.1, 0.15) is 0 Å². The van der Waals surface area contributed by atoms with Gasteiger partial charge in [0.25, 0.3) is 0 Å². The van der Waals surface area contributed by atoms with Gasteiger partial charge in [-0.2, -0.15) is 5.26 Å². The van der Waals surface area contributed by atoms with Crippen LogP contribution in [0.1, 0.15) is 12.5 Å². The Morgan fingerprint density at radius 1 is 1.24 bits per heavy atom. The summed E-state index contributed by atoms with van der Waals surface area (Å²) in [6.07, 6.45) is 0. The number of rotatable bonds is 7. The Kier molecular flexibility index (Phi) is 7.33. The van der Waals surface area contributed by atoms with Gasteiger partial charge in [-0.25, -0.2) is 0 Å². The smallest absolute Gasteiger partial charge is 0.234 e. The van der Waals surface area contributed by atoms with Crippen LogP contribution in [0.5, 0.6) is 0 Å². The van der Waals surface area contributed by atoms with Gasteiger partial charge in [0.15, 0.2) is 0 Å². The maximum Gasteiger partial charge on any atom is 0.234 e. The number of amides is 2. The molecule has 112 valence electrons. The van der Waals surface area contributed by atoms with Crippen LogP contribution in [-0.2, 0) is 9.59 Å². The predicted octanol–water partition coefficient (Wildman–Crippen LogP) is 1.94. The summed E-state index contributed by atoms with van der Waals surface area (Å²) in [7, 11) is 0. The first kappa shape index (κ1) is 17.1. The molecule has 0 spiro atoms. The SMILES string of the molecule is Cc1ccc(NC(=O)CSCC(=O)NCC(C)C#N)cc1. The Morgan fingerprint density at radius 3 is 2.48 bits per heavy atom. The second kappa shape index (κ2) is 9.03. The number of hydrogen-bond acceptors (Lipinski definition) is 4. The lowest BCUT2D eigenvalue weighted by molar-refractivity contribution is -0.118. The second-order valence-electron chi connectivity index (χ2n) is 4.74. The summed E-state index contributed by atoms with van der Waals surface area (Å²) in [4.78, 5) is 23.2. The van der Waals surface area contributed by atoms with Crippen molar-refractivity contribution in [2.75, 3.05) is 23.4 Å². The molecule has 1 aromatic carbocycles. The first-order chi connectivity index (χ1) is 10.0. The lowest BCUT2D eigenvalue weighted by atomic mass is 10.2. The number of nitriles is 1. The van der Waals surface area contributed by atoms with Crippen LogP contribution in [0.4, 0.5) is 5.69 Å². The number of carbonyl (C=O) groups excluding carboxylic acids is 2. The van der Waals surface area contributed by atoms with E-state index < -0.39 is 0 Å². The summed E-state index contributed by atoms with van der Waals surface area (Å²) >= 11 is 1.24. The quantitative estimate of drug-likeness (QED) is 0.806.